The van der Waals surface area contributed by atoms with Gasteiger partial charge in [0.25, 0.3) is 0 Å². The van der Waals surface area contributed by atoms with Gasteiger partial charge in [-0.15, -0.1) is 0 Å². The first kappa shape index (κ1) is 92.1. The lowest BCUT2D eigenvalue weighted by Gasteiger charge is -2.28. The first-order valence-electron chi connectivity index (χ1n) is 32.7. The molecule has 0 aliphatic rings. The maximum absolute atomic E-state index is 14.1. The van der Waals surface area contributed by atoms with E-state index in [4.69, 9.17) is 28.7 Å². The number of phenols is 1. The van der Waals surface area contributed by atoms with Gasteiger partial charge in [-0.1, -0.05) is 39.8 Å². The minimum absolute atomic E-state index is 0.0369. The number of benzene rings is 1. The third-order valence-corrected chi connectivity index (χ3v) is 14.9. The van der Waals surface area contributed by atoms with Crippen LogP contribution in [0.2, 0.25) is 0 Å². The van der Waals surface area contributed by atoms with Gasteiger partial charge >= 0.3 is 11.9 Å². The molecule has 0 saturated carbocycles. The monoisotopic (exact) mass is 1500 g/mol. The van der Waals surface area contributed by atoms with E-state index in [2.05, 4.69) is 68.8 Å². The predicted molar refractivity (Wildman–Crippen MR) is 363 cm³/mol. The highest BCUT2D eigenvalue weighted by molar-refractivity contribution is 6.01. The molecule has 44 heteroatoms. The van der Waals surface area contributed by atoms with Crippen molar-refractivity contribution < 1.29 is 122 Å². The first-order chi connectivity index (χ1) is 49.1. The van der Waals surface area contributed by atoms with Crippen LogP contribution in [0.5, 0.6) is 5.75 Å². The molecule has 1 aromatic rings. The molecule has 0 fully saturated rings. The molecule has 1 rings (SSSR count). The molecule has 0 bridgehead atoms. The topological polar surface area (TPSA) is 751 Å². The van der Waals surface area contributed by atoms with Gasteiger partial charge in [-0.2, -0.15) is 0 Å². The summed E-state index contributed by atoms with van der Waals surface area (Å²) in [5.74, 6) is -22.3. The summed E-state index contributed by atoms with van der Waals surface area (Å²) >= 11 is 0. The number of aliphatic hydroxyl groups excluding tert-OH is 5. The number of hydrogen-bond donors (Lipinski definition) is 26. The number of carboxylic acid groups (broad SMARTS) is 2. The van der Waals surface area contributed by atoms with Crippen LogP contribution < -0.4 is 97.8 Å². The second kappa shape index (κ2) is 46.6. The zero-order chi connectivity index (χ0) is 80.1. The number of carbonyl (C=O) groups excluding carboxylic acids is 15. The minimum Gasteiger partial charge on any atom is -0.508 e. The van der Waals surface area contributed by atoms with E-state index >= 15 is 0 Å². The van der Waals surface area contributed by atoms with Crippen molar-refractivity contribution in [1.29, 1.82) is 0 Å². The number of rotatable bonds is 49. The van der Waals surface area contributed by atoms with Gasteiger partial charge in [0.05, 0.1) is 58.0 Å². The van der Waals surface area contributed by atoms with Gasteiger partial charge in [0, 0.05) is 19.4 Å². The van der Waals surface area contributed by atoms with Crippen LogP contribution in [0.3, 0.4) is 0 Å². The van der Waals surface area contributed by atoms with E-state index < -0.39 is 256 Å². The number of hydrogen-bond acceptors (Lipinski definition) is 25. The maximum Gasteiger partial charge on any atom is 0.326 e. The van der Waals surface area contributed by atoms with Crippen molar-refractivity contribution in [2.45, 2.75) is 184 Å². The predicted octanol–water partition coefficient (Wildman–Crippen LogP) is -12.6. The number of phenolic OH excluding ortho intramolecular Hbond substituents is 1. The number of aromatic hydroxyl groups is 1. The number of amides is 15. The summed E-state index contributed by atoms with van der Waals surface area (Å²) in [4.78, 5) is 226. The molecule has 0 radical (unpaired) electrons. The van der Waals surface area contributed by atoms with Crippen molar-refractivity contribution in [3.05, 3.63) is 29.8 Å². The van der Waals surface area contributed by atoms with Gasteiger partial charge in [0.1, 0.15) is 78.3 Å². The number of carboxylic acids is 2. The summed E-state index contributed by atoms with van der Waals surface area (Å²) in [7, 11) is 0. The summed E-state index contributed by atoms with van der Waals surface area (Å²) in [5.41, 5.74) is 27.3. The lowest BCUT2D eigenvalue weighted by molar-refractivity contribution is -0.143. The Bertz CT molecular complexity index is 3230. The summed E-state index contributed by atoms with van der Waals surface area (Å²) < 4.78 is 0. The molecule has 588 valence electrons. The lowest BCUT2D eigenvalue weighted by Crippen LogP contribution is -2.62. The normalized spacial score (nSPS) is 15.0. The summed E-state index contributed by atoms with van der Waals surface area (Å²) in [6, 6.07) is -17.6. The molecule has 0 spiro atoms. The number of guanidine groups is 1. The van der Waals surface area contributed by atoms with Crippen LogP contribution in [-0.2, 0) is 87.9 Å². The third kappa shape index (κ3) is 35.2. The van der Waals surface area contributed by atoms with E-state index in [9.17, 15) is 122 Å². The molecule has 0 heterocycles. The zero-order valence-electron chi connectivity index (χ0n) is 58.5. The van der Waals surface area contributed by atoms with Crippen molar-refractivity contribution in [1.82, 2.24) is 69.1 Å². The second-order valence-corrected chi connectivity index (χ2v) is 24.9. The molecule has 0 aliphatic carbocycles. The van der Waals surface area contributed by atoms with Crippen molar-refractivity contribution in [2.24, 2.45) is 45.5 Å². The Morgan fingerprint density at radius 2 is 0.829 bits per heavy atom. The number of nitrogens with one attached hydrogen (secondary N) is 13. The van der Waals surface area contributed by atoms with Crippen molar-refractivity contribution in [2.75, 3.05) is 39.5 Å². The largest absolute Gasteiger partial charge is 0.508 e. The maximum atomic E-state index is 14.1. The summed E-state index contributed by atoms with van der Waals surface area (Å²) in [6.07, 6.45) is -5.44. The smallest absolute Gasteiger partial charge is 0.326 e. The Hall–Kier alpha value is -11.0. The SMILES string of the molecule is CC(C)C[C@H](NC(=O)[C@H](CC(C)C)NC(=O)[C@H](CO)NC(=O)[C@H](CCC(N)=O)NC(=O)[C@H](CO)NC(=O)[C@H](CO)NC(=O)[C@@H](N)CCCN=C(N)N)C(=O)N[C@@H](CC(=O)O)C(=O)N[C@@H](CO)C(=O)N[C@@H](C)C(=O)NCC(=O)N[C@@H](CC(N)=O)C(=O)N[C@H](C(=O)N[C@@H](Cc1ccc(O)cc1)C(=O)O)[C@@H](C)O. The van der Waals surface area contributed by atoms with E-state index in [0.29, 0.717) is 5.56 Å². The van der Waals surface area contributed by atoms with Gasteiger partial charge in [-0.25, -0.2) is 4.79 Å². The Kier molecular flexibility index (Phi) is 40.9. The standard InChI is InChI=1S/C61H99N19O25/c1-26(2)16-34(72-51(95)35(17-27(3)4)73-57(101)42(25-84)77-50(94)33(13-14-43(63)87)71-56(100)41(24-83)79-58(102)40(23-82)76-49(93)32(62)8-7-15-67-61(65)66)52(96)74-37(20-46(90)91)53(97)78-39(22-81)55(99)69-28(5)48(92)68-21-45(89)70-36(19-44(64)88)54(98)80-47(29(6)85)59(103)75-38(60(104)105)18-30-9-11-31(86)12-10-30/h9-12,26-29,32-42,47,81-86H,7-8,13-25,62H2,1-6H3,(H2,63,87)(H2,64,88)(H,68,92)(H,69,99)(H,70,89)(H,71,100)(H,72,95)(H,73,101)(H,74,96)(H,75,103)(H,76,93)(H,77,94)(H,78,97)(H,79,102)(H,80,98)(H,90,91)(H,104,105)(H4,65,66,67)/t28-,29+,32-,33-,34-,35-,36-,37-,38-,39-,40-,41-,42-,47-/m0/s1. The molecular formula is C61H99N19O25. The molecule has 14 atom stereocenters. The minimum atomic E-state index is -2.07. The number of aliphatic carboxylic acids is 2. The number of aliphatic imine (C=N–C) groups is 1. The molecule has 0 aliphatic heterocycles. The Morgan fingerprint density at radius 1 is 0.438 bits per heavy atom. The fourth-order valence-electron chi connectivity index (χ4n) is 9.30. The Morgan fingerprint density at radius 3 is 1.25 bits per heavy atom. The number of nitrogens with two attached hydrogens (primary N) is 5. The quantitative estimate of drug-likeness (QED) is 0.0164. The Balaban J connectivity index is 3.23. The molecule has 0 aromatic heterocycles. The van der Waals surface area contributed by atoms with Gasteiger partial charge < -0.3 is 139 Å². The van der Waals surface area contributed by atoms with Gasteiger partial charge in [0.2, 0.25) is 88.6 Å². The van der Waals surface area contributed by atoms with E-state index in [1.807, 2.05) is 5.32 Å². The van der Waals surface area contributed by atoms with Gasteiger partial charge in [-0.3, -0.25) is 81.7 Å². The molecule has 105 heavy (non-hydrogen) atoms. The van der Waals surface area contributed by atoms with Crippen LogP contribution >= 0.6 is 0 Å². The van der Waals surface area contributed by atoms with Gasteiger partial charge in [-0.05, 0) is 75.5 Å². The fraction of sp³-hybridized carbons (Fsp3) is 0.607. The number of aliphatic hydroxyl groups is 5. The average Bonchev–Trinajstić information content (AvgIpc) is 0.862. The van der Waals surface area contributed by atoms with E-state index in [-0.39, 0.29) is 50.4 Å². The van der Waals surface area contributed by atoms with Crippen molar-refractivity contribution in [3.8, 4) is 5.75 Å². The van der Waals surface area contributed by atoms with Crippen LogP contribution in [0.15, 0.2) is 29.3 Å². The van der Waals surface area contributed by atoms with E-state index in [1.54, 1.807) is 27.7 Å². The highest BCUT2D eigenvalue weighted by atomic mass is 16.4. The van der Waals surface area contributed by atoms with Crippen LogP contribution in [-0.4, -0.2) is 272 Å². The summed E-state index contributed by atoms with van der Waals surface area (Å²) in [6.45, 7) is 3.08. The van der Waals surface area contributed by atoms with Crippen molar-refractivity contribution in [3.63, 3.8) is 0 Å². The van der Waals surface area contributed by atoms with Crippen LogP contribution in [0.1, 0.15) is 98.5 Å². The second-order valence-electron chi connectivity index (χ2n) is 24.9. The van der Waals surface area contributed by atoms with Crippen LogP contribution in [0.25, 0.3) is 0 Å². The number of carbonyl (C=O) groups is 17. The Labute approximate surface area is 600 Å². The molecule has 0 unspecified atom stereocenters. The van der Waals surface area contributed by atoms with Crippen LogP contribution in [0.4, 0.5) is 0 Å². The van der Waals surface area contributed by atoms with Gasteiger partial charge in [0.15, 0.2) is 5.96 Å². The van der Waals surface area contributed by atoms with E-state index in [0.717, 1.165) is 13.8 Å². The lowest BCUT2D eigenvalue weighted by atomic mass is 9.99. The van der Waals surface area contributed by atoms with Crippen LogP contribution in [0, 0.1) is 11.8 Å². The molecule has 15 amide bonds. The van der Waals surface area contributed by atoms with E-state index in [1.165, 1.54) is 24.3 Å². The van der Waals surface area contributed by atoms with Crippen molar-refractivity contribution >= 4 is 107 Å². The zero-order valence-corrected chi connectivity index (χ0v) is 58.5. The average molecular weight is 1500 g/mol. The highest BCUT2D eigenvalue weighted by Crippen LogP contribution is 2.14. The molecule has 44 nitrogen and oxygen atoms in total. The highest BCUT2D eigenvalue weighted by Gasteiger charge is 2.38. The molecule has 0 saturated heterocycles. The number of nitrogens with zero attached hydrogens (tertiary/aromatic N) is 1. The third-order valence-electron chi connectivity index (χ3n) is 14.9. The fourth-order valence-corrected chi connectivity index (χ4v) is 9.30. The molecule has 31 N–H and O–H groups in total. The molecular weight excluding hydrogens is 1400 g/mol. The number of primary amides is 2. The molecule has 1 aromatic carbocycles. The summed E-state index contributed by atoms with van der Waals surface area (Å²) in [5, 5.41) is 108. The first-order valence-corrected chi connectivity index (χ1v) is 32.7.